The zero-order chi connectivity index (χ0) is 18.8. The van der Waals surface area contributed by atoms with E-state index in [-0.39, 0.29) is 5.91 Å². The van der Waals surface area contributed by atoms with Crippen molar-refractivity contribution >= 4 is 16.8 Å². The summed E-state index contributed by atoms with van der Waals surface area (Å²) in [5, 5.41) is 0.996. The van der Waals surface area contributed by atoms with Crippen LogP contribution >= 0.6 is 0 Å². The maximum atomic E-state index is 12.5. The zero-order valence-electron chi connectivity index (χ0n) is 15.0. The van der Waals surface area contributed by atoms with Crippen molar-refractivity contribution in [2.45, 2.75) is 5.92 Å². The Morgan fingerprint density at radius 1 is 0.926 bits per heavy atom. The number of hydrogen-bond acceptors (Lipinski definition) is 2. The van der Waals surface area contributed by atoms with Gasteiger partial charge in [0.2, 0.25) is 5.91 Å². The summed E-state index contributed by atoms with van der Waals surface area (Å²) < 4.78 is 5.26. The molecule has 0 radical (unpaired) electrons. The Morgan fingerprint density at radius 3 is 2.26 bits per heavy atom. The molecule has 0 spiro atoms. The van der Waals surface area contributed by atoms with E-state index in [9.17, 15) is 4.79 Å². The van der Waals surface area contributed by atoms with Crippen LogP contribution in [0, 0.1) is 0 Å². The topological polar surface area (TPSA) is 68.1 Å². The lowest BCUT2D eigenvalue weighted by Crippen LogP contribution is -2.22. The number of nitrogens with two attached hydrogens (primary N) is 1. The molecule has 4 heteroatoms. The van der Waals surface area contributed by atoms with E-state index >= 15 is 0 Å². The fourth-order valence-electron chi connectivity index (χ4n) is 3.57. The Labute approximate surface area is 157 Å². The molecule has 0 aliphatic carbocycles. The number of carbonyl (C=O) groups excluding carboxylic acids is 1. The number of benzene rings is 3. The minimum absolute atomic E-state index is 0.374. The van der Waals surface area contributed by atoms with Crippen molar-refractivity contribution in [3.8, 4) is 17.0 Å². The van der Waals surface area contributed by atoms with E-state index in [1.807, 2.05) is 78.9 Å². The molecular formula is C23H20N2O2. The van der Waals surface area contributed by atoms with Gasteiger partial charge in [0.05, 0.1) is 18.7 Å². The normalized spacial score (nSPS) is 12.0. The molecule has 0 bridgehead atoms. The van der Waals surface area contributed by atoms with Crippen molar-refractivity contribution in [1.82, 2.24) is 4.98 Å². The average Bonchev–Trinajstić information content (AvgIpc) is 3.08. The molecule has 1 unspecified atom stereocenters. The highest BCUT2D eigenvalue weighted by atomic mass is 16.5. The largest absolute Gasteiger partial charge is 0.497 e. The Hall–Kier alpha value is -3.53. The number of methoxy groups -OCH3 is 1. The van der Waals surface area contributed by atoms with Crippen LogP contribution in [0.3, 0.4) is 0 Å². The fourth-order valence-corrected chi connectivity index (χ4v) is 3.57. The molecule has 0 fully saturated rings. The van der Waals surface area contributed by atoms with Crippen LogP contribution in [0.15, 0.2) is 78.9 Å². The summed E-state index contributed by atoms with van der Waals surface area (Å²) in [7, 11) is 1.64. The molecule has 1 atom stereocenters. The number of ether oxygens (including phenoxy) is 1. The average molecular weight is 356 g/mol. The van der Waals surface area contributed by atoms with Gasteiger partial charge in [-0.1, -0.05) is 48.5 Å². The second kappa shape index (κ2) is 7.00. The van der Waals surface area contributed by atoms with Gasteiger partial charge in [0.25, 0.3) is 0 Å². The lowest BCUT2D eigenvalue weighted by molar-refractivity contribution is -0.118. The molecule has 3 N–H and O–H groups in total. The van der Waals surface area contributed by atoms with Crippen LogP contribution < -0.4 is 10.5 Å². The highest BCUT2D eigenvalue weighted by Crippen LogP contribution is 2.39. The standard InChI is InChI=1S/C23H20N2O2/c1-27-17-13-11-16(12-14-17)22-21(18-9-5-6-10-19(18)25-22)20(23(24)26)15-7-3-2-4-8-15/h2-14,20,25H,1H3,(H2,24,26). The number of aromatic nitrogens is 1. The van der Waals surface area contributed by atoms with E-state index in [1.54, 1.807) is 7.11 Å². The lowest BCUT2D eigenvalue weighted by atomic mass is 9.87. The van der Waals surface area contributed by atoms with Crippen LogP contribution in [0.1, 0.15) is 17.0 Å². The molecule has 1 heterocycles. The number of nitrogens with one attached hydrogen (secondary N) is 1. The van der Waals surface area contributed by atoms with Gasteiger partial charge in [0.1, 0.15) is 5.75 Å². The highest BCUT2D eigenvalue weighted by molar-refractivity contribution is 5.98. The van der Waals surface area contributed by atoms with Crippen molar-refractivity contribution in [2.24, 2.45) is 5.73 Å². The van der Waals surface area contributed by atoms with Crippen molar-refractivity contribution in [3.63, 3.8) is 0 Å². The molecule has 27 heavy (non-hydrogen) atoms. The molecule has 0 aliphatic rings. The first-order valence-corrected chi connectivity index (χ1v) is 8.78. The van der Waals surface area contributed by atoms with Crippen LogP contribution in [-0.4, -0.2) is 18.0 Å². The lowest BCUT2D eigenvalue weighted by Gasteiger charge is -2.16. The van der Waals surface area contributed by atoms with Crippen LogP contribution in [0.4, 0.5) is 0 Å². The van der Waals surface area contributed by atoms with Crippen LogP contribution in [0.5, 0.6) is 5.75 Å². The molecule has 0 saturated carbocycles. The number of primary amides is 1. The van der Waals surface area contributed by atoms with Gasteiger partial charge >= 0.3 is 0 Å². The third-order valence-electron chi connectivity index (χ3n) is 4.83. The van der Waals surface area contributed by atoms with Gasteiger partial charge in [-0.2, -0.15) is 0 Å². The number of H-pyrrole nitrogens is 1. The first-order valence-electron chi connectivity index (χ1n) is 8.78. The second-order valence-electron chi connectivity index (χ2n) is 6.43. The van der Waals surface area contributed by atoms with E-state index in [0.717, 1.165) is 39.0 Å². The van der Waals surface area contributed by atoms with Gasteiger partial charge in [-0.3, -0.25) is 4.79 Å². The molecule has 4 rings (SSSR count). The summed E-state index contributed by atoms with van der Waals surface area (Å²) in [6, 6.07) is 25.4. The summed E-state index contributed by atoms with van der Waals surface area (Å²) in [6.07, 6.45) is 0. The van der Waals surface area contributed by atoms with E-state index in [2.05, 4.69) is 4.98 Å². The second-order valence-corrected chi connectivity index (χ2v) is 6.43. The molecule has 3 aromatic carbocycles. The number of aromatic amines is 1. The Bertz CT molecular complexity index is 1080. The molecular weight excluding hydrogens is 336 g/mol. The van der Waals surface area contributed by atoms with E-state index in [0.29, 0.717) is 0 Å². The van der Waals surface area contributed by atoms with Gasteiger partial charge in [-0.05, 0) is 41.5 Å². The number of hydrogen-bond donors (Lipinski definition) is 2. The minimum Gasteiger partial charge on any atom is -0.497 e. The molecule has 134 valence electrons. The molecule has 4 nitrogen and oxygen atoms in total. The van der Waals surface area contributed by atoms with Gasteiger partial charge in [0.15, 0.2) is 0 Å². The monoisotopic (exact) mass is 356 g/mol. The maximum absolute atomic E-state index is 12.5. The first-order chi connectivity index (χ1) is 13.2. The first kappa shape index (κ1) is 16.9. The number of carbonyl (C=O) groups is 1. The molecule has 0 aliphatic heterocycles. The van der Waals surface area contributed by atoms with E-state index in [4.69, 9.17) is 10.5 Å². The Morgan fingerprint density at radius 2 is 1.59 bits per heavy atom. The number of para-hydroxylation sites is 1. The van der Waals surface area contributed by atoms with E-state index < -0.39 is 5.92 Å². The SMILES string of the molecule is COc1ccc(-c2[nH]c3ccccc3c2C(C(N)=O)c2ccccc2)cc1. The zero-order valence-corrected chi connectivity index (χ0v) is 15.0. The fraction of sp³-hybridized carbons (Fsp3) is 0.0870. The van der Waals surface area contributed by atoms with Crippen molar-refractivity contribution in [2.75, 3.05) is 7.11 Å². The predicted molar refractivity (Wildman–Crippen MR) is 108 cm³/mol. The quantitative estimate of drug-likeness (QED) is 0.554. The molecule has 1 aromatic heterocycles. The molecule has 4 aromatic rings. The number of fused-ring (bicyclic) bond motifs is 1. The van der Waals surface area contributed by atoms with Crippen LogP contribution in [0.2, 0.25) is 0 Å². The summed E-state index contributed by atoms with van der Waals surface area (Å²) >= 11 is 0. The predicted octanol–water partition coefficient (Wildman–Crippen LogP) is 4.46. The highest BCUT2D eigenvalue weighted by Gasteiger charge is 2.27. The molecule has 1 amide bonds. The summed E-state index contributed by atoms with van der Waals surface area (Å²) in [5.41, 5.74) is 10.5. The van der Waals surface area contributed by atoms with Crippen LogP contribution in [0.25, 0.3) is 22.2 Å². The van der Waals surface area contributed by atoms with Crippen molar-refractivity contribution < 1.29 is 9.53 Å². The summed E-state index contributed by atoms with van der Waals surface area (Å²) in [4.78, 5) is 16.0. The van der Waals surface area contributed by atoms with Gasteiger partial charge in [-0.25, -0.2) is 0 Å². The van der Waals surface area contributed by atoms with Gasteiger partial charge in [-0.15, -0.1) is 0 Å². The van der Waals surface area contributed by atoms with Crippen molar-refractivity contribution in [3.05, 3.63) is 90.0 Å². The third-order valence-corrected chi connectivity index (χ3v) is 4.83. The number of amides is 1. The summed E-state index contributed by atoms with van der Waals surface area (Å²) in [6.45, 7) is 0. The Balaban J connectivity index is 1.98. The van der Waals surface area contributed by atoms with Crippen LogP contribution in [-0.2, 0) is 4.79 Å². The minimum atomic E-state index is -0.542. The maximum Gasteiger partial charge on any atom is 0.229 e. The smallest absolute Gasteiger partial charge is 0.229 e. The Kier molecular flexibility index (Phi) is 4.38. The third kappa shape index (κ3) is 3.06. The molecule has 0 saturated heterocycles. The van der Waals surface area contributed by atoms with E-state index in [1.165, 1.54) is 0 Å². The summed E-state index contributed by atoms with van der Waals surface area (Å²) in [5.74, 6) is -0.133. The number of rotatable bonds is 5. The van der Waals surface area contributed by atoms with Gasteiger partial charge in [0, 0.05) is 16.5 Å². The van der Waals surface area contributed by atoms with Gasteiger partial charge < -0.3 is 15.5 Å². The van der Waals surface area contributed by atoms with Crippen molar-refractivity contribution in [1.29, 1.82) is 0 Å².